The first-order valence-corrected chi connectivity index (χ1v) is 7.83. The smallest absolute Gasteiger partial charge is 0.248 e. The fourth-order valence-electron chi connectivity index (χ4n) is 2.32. The van der Waals surface area contributed by atoms with Gasteiger partial charge < -0.3 is 10.4 Å². The van der Waals surface area contributed by atoms with E-state index in [9.17, 15) is 9.90 Å². The lowest BCUT2D eigenvalue weighted by atomic mass is 10.2. The minimum Gasteiger partial charge on any atom is -0.506 e. The van der Waals surface area contributed by atoms with Gasteiger partial charge in [-0.3, -0.25) is 4.79 Å². The van der Waals surface area contributed by atoms with Crippen molar-refractivity contribution in [3.05, 3.63) is 77.6 Å². The molecule has 0 fully saturated rings. The molecule has 0 aliphatic heterocycles. The van der Waals surface area contributed by atoms with Gasteiger partial charge in [0, 0.05) is 6.08 Å². The Morgan fingerprint density at radius 2 is 2.04 bits per heavy atom. The maximum atomic E-state index is 12.0. The molecule has 2 aromatic carbocycles. The Bertz CT molecular complexity index is 901. The summed E-state index contributed by atoms with van der Waals surface area (Å²) in [6.45, 7) is 2.48. The highest BCUT2D eigenvalue weighted by Gasteiger charge is 2.04. The fourth-order valence-corrected chi connectivity index (χ4v) is 2.32. The number of aromatic hydroxyl groups is 1. The Kier molecular flexibility index (Phi) is 4.89. The Hall–Kier alpha value is -3.41. The third-order valence-corrected chi connectivity index (χ3v) is 3.56. The molecule has 1 heterocycles. The van der Waals surface area contributed by atoms with Crippen LogP contribution in [0.3, 0.4) is 0 Å². The number of carbonyl (C=O) groups excluding carboxylic acids is 1. The van der Waals surface area contributed by atoms with Gasteiger partial charge in [-0.15, -0.1) is 5.10 Å². The summed E-state index contributed by atoms with van der Waals surface area (Å²) in [5, 5.41) is 20.5. The normalized spacial score (nSPS) is 10.9. The van der Waals surface area contributed by atoms with E-state index in [0.717, 1.165) is 11.1 Å². The van der Waals surface area contributed by atoms with Crippen LogP contribution in [0, 0.1) is 6.92 Å². The maximum absolute atomic E-state index is 12.0. The molecular weight excluding hydrogens is 316 g/mol. The van der Waals surface area contributed by atoms with Crippen LogP contribution in [0.2, 0.25) is 0 Å². The number of benzene rings is 2. The van der Waals surface area contributed by atoms with Gasteiger partial charge in [0.25, 0.3) is 0 Å². The number of phenolic OH excluding ortho intramolecular Hbond substituents is 1. The molecule has 0 spiro atoms. The second kappa shape index (κ2) is 7.44. The van der Waals surface area contributed by atoms with Crippen molar-refractivity contribution in [2.75, 3.05) is 5.32 Å². The monoisotopic (exact) mass is 334 g/mol. The number of phenols is 1. The van der Waals surface area contributed by atoms with Gasteiger partial charge in [-0.25, -0.2) is 4.68 Å². The van der Waals surface area contributed by atoms with E-state index >= 15 is 0 Å². The number of anilines is 1. The molecule has 2 N–H and O–H groups in total. The van der Waals surface area contributed by atoms with Crippen LogP contribution in [0.15, 0.2) is 60.8 Å². The number of aryl methyl sites for hydroxylation is 1. The average molecular weight is 334 g/mol. The lowest BCUT2D eigenvalue weighted by molar-refractivity contribution is -0.111. The van der Waals surface area contributed by atoms with Gasteiger partial charge in [0.1, 0.15) is 11.4 Å². The van der Waals surface area contributed by atoms with Crippen molar-refractivity contribution in [2.24, 2.45) is 0 Å². The molecule has 6 heteroatoms. The highest BCUT2D eigenvalue weighted by Crippen LogP contribution is 2.23. The predicted molar refractivity (Wildman–Crippen MR) is 96.1 cm³/mol. The number of carbonyl (C=O) groups is 1. The zero-order valence-corrected chi connectivity index (χ0v) is 13.8. The van der Waals surface area contributed by atoms with Gasteiger partial charge in [0.2, 0.25) is 5.91 Å². The van der Waals surface area contributed by atoms with Gasteiger partial charge in [0.05, 0.1) is 18.4 Å². The summed E-state index contributed by atoms with van der Waals surface area (Å²) in [5.74, 6) is -0.313. The average Bonchev–Trinajstić information content (AvgIpc) is 3.04. The molecule has 0 aliphatic rings. The van der Waals surface area contributed by atoms with Gasteiger partial charge in [-0.1, -0.05) is 41.6 Å². The van der Waals surface area contributed by atoms with Crippen molar-refractivity contribution in [1.29, 1.82) is 0 Å². The highest BCUT2D eigenvalue weighted by atomic mass is 16.3. The van der Waals surface area contributed by atoms with Crippen LogP contribution in [0.4, 0.5) is 5.69 Å². The van der Waals surface area contributed by atoms with E-state index in [1.165, 1.54) is 6.08 Å². The van der Waals surface area contributed by atoms with Crippen molar-refractivity contribution < 1.29 is 9.90 Å². The van der Waals surface area contributed by atoms with Crippen molar-refractivity contribution in [2.45, 2.75) is 13.5 Å². The molecule has 3 aromatic rings. The standard InChI is InChI=1S/C19H18N4O2/c1-14-7-9-17(18(24)11-14)20-19(25)10-8-16-13-23(22-21-16)12-15-5-3-2-4-6-15/h2-11,13,24H,12H2,1H3,(H,20,25)/b10-8+. The molecule has 0 bridgehead atoms. The predicted octanol–water partition coefficient (Wildman–Crippen LogP) is 2.99. The van der Waals surface area contributed by atoms with Crippen LogP contribution in [-0.4, -0.2) is 26.0 Å². The first-order chi connectivity index (χ1) is 12.1. The van der Waals surface area contributed by atoms with E-state index in [0.29, 0.717) is 17.9 Å². The summed E-state index contributed by atoms with van der Waals surface area (Å²) >= 11 is 0. The van der Waals surface area contributed by atoms with E-state index < -0.39 is 0 Å². The molecule has 1 aromatic heterocycles. The summed E-state index contributed by atoms with van der Waals surface area (Å²) in [5.41, 5.74) is 2.99. The minimum atomic E-state index is -0.350. The molecule has 0 saturated heterocycles. The van der Waals surface area contributed by atoms with Gasteiger partial charge in [0.15, 0.2) is 0 Å². The Morgan fingerprint density at radius 3 is 2.80 bits per heavy atom. The van der Waals surface area contributed by atoms with Gasteiger partial charge in [-0.2, -0.15) is 0 Å². The van der Waals surface area contributed by atoms with E-state index in [4.69, 9.17) is 0 Å². The zero-order valence-electron chi connectivity index (χ0n) is 13.8. The molecule has 0 aliphatic carbocycles. The molecule has 0 atom stereocenters. The highest BCUT2D eigenvalue weighted by molar-refractivity contribution is 6.02. The lowest BCUT2D eigenvalue weighted by Crippen LogP contribution is -2.07. The molecule has 6 nitrogen and oxygen atoms in total. The minimum absolute atomic E-state index is 0.0376. The van der Waals surface area contributed by atoms with Crippen LogP contribution in [0.5, 0.6) is 5.75 Å². The van der Waals surface area contributed by atoms with Crippen molar-refractivity contribution in [1.82, 2.24) is 15.0 Å². The van der Waals surface area contributed by atoms with Crippen LogP contribution in [-0.2, 0) is 11.3 Å². The van der Waals surface area contributed by atoms with Crippen molar-refractivity contribution in [3.8, 4) is 5.75 Å². The largest absolute Gasteiger partial charge is 0.506 e. The maximum Gasteiger partial charge on any atom is 0.248 e. The summed E-state index contributed by atoms with van der Waals surface area (Å²) < 4.78 is 1.71. The number of nitrogens with zero attached hydrogens (tertiary/aromatic N) is 3. The molecule has 25 heavy (non-hydrogen) atoms. The van der Waals surface area contributed by atoms with E-state index in [1.807, 2.05) is 43.3 Å². The molecular formula is C19H18N4O2. The number of amides is 1. The lowest BCUT2D eigenvalue weighted by Gasteiger charge is -2.05. The number of rotatable bonds is 5. The quantitative estimate of drug-likeness (QED) is 0.555. The second-order valence-corrected chi connectivity index (χ2v) is 5.67. The summed E-state index contributed by atoms with van der Waals surface area (Å²) in [7, 11) is 0. The molecule has 0 unspecified atom stereocenters. The second-order valence-electron chi connectivity index (χ2n) is 5.67. The SMILES string of the molecule is Cc1ccc(NC(=O)/C=C/c2cn(Cc3ccccc3)nn2)c(O)c1. The Morgan fingerprint density at radius 1 is 1.24 bits per heavy atom. The Balaban J connectivity index is 1.61. The molecule has 0 saturated carbocycles. The molecule has 3 rings (SSSR count). The number of aromatic nitrogens is 3. The van der Waals surface area contributed by atoms with E-state index in [1.54, 1.807) is 29.1 Å². The van der Waals surface area contributed by atoms with Crippen LogP contribution >= 0.6 is 0 Å². The van der Waals surface area contributed by atoms with Crippen molar-refractivity contribution >= 4 is 17.7 Å². The Labute approximate surface area is 145 Å². The van der Waals surface area contributed by atoms with Crippen molar-refractivity contribution in [3.63, 3.8) is 0 Å². The summed E-state index contributed by atoms with van der Waals surface area (Å²) in [6.07, 6.45) is 4.70. The molecule has 0 radical (unpaired) electrons. The van der Waals surface area contributed by atoms with Gasteiger partial charge >= 0.3 is 0 Å². The number of hydrogen-bond donors (Lipinski definition) is 2. The molecule has 1 amide bonds. The summed E-state index contributed by atoms with van der Waals surface area (Å²) in [6, 6.07) is 15.0. The van der Waals surface area contributed by atoms with Crippen LogP contribution in [0.1, 0.15) is 16.8 Å². The van der Waals surface area contributed by atoms with E-state index in [-0.39, 0.29) is 11.7 Å². The van der Waals surface area contributed by atoms with E-state index in [2.05, 4.69) is 15.6 Å². The first kappa shape index (κ1) is 16.4. The topological polar surface area (TPSA) is 80.0 Å². The fraction of sp³-hybridized carbons (Fsp3) is 0.105. The number of nitrogens with one attached hydrogen (secondary N) is 1. The van der Waals surface area contributed by atoms with Crippen LogP contribution in [0.25, 0.3) is 6.08 Å². The molecule has 126 valence electrons. The third-order valence-electron chi connectivity index (χ3n) is 3.56. The summed E-state index contributed by atoms with van der Waals surface area (Å²) in [4.78, 5) is 12.0. The van der Waals surface area contributed by atoms with Gasteiger partial charge in [-0.05, 0) is 36.3 Å². The number of hydrogen-bond acceptors (Lipinski definition) is 4. The van der Waals surface area contributed by atoms with Crippen LogP contribution < -0.4 is 5.32 Å². The first-order valence-electron chi connectivity index (χ1n) is 7.83. The third kappa shape index (κ3) is 4.54. The zero-order chi connectivity index (χ0) is 17.6.